The van der Waals surface area contributed by atoms with Crippen LogP contribution in [0.15, 0.2) is 60.7 Å². The van der Waals surface area contributed by atoms with Crippen LogP contribution in [0, 0.1) is 0 Å². The summed E-state index contributed by atoms with van der Waals surface area (Å²) in [7, 11) is 0. The quantitative estimate of drug-likeness (QED) is 0.560. The lowest BCUT2D eigenvalue weighted by molar-refractivity contribution is -0.201. The van der Waals surface area contributed by atoms with Crippen LogP contribution in [0.25, 0.3) is 0 Å². The summed E-state index contributed by atoms with van der Waals surface area (Å²) in [5.74, 6) is -4.73. The molecule has 0 aromatic heterocycles. The number of esters is 1. The molecular weight excluding hydrogens is 428 g/mol. The summed E-state index contributed by atoms with van der Waals surface area (Å²) in [6, 6.07) is 11.8. The lowest BCUT2D eigenvalue weighted by atomic mass is 9.74. The van der Waals surface area contributed by atoms with E-state index in [1.807, 2.05) is 0 Å². The molecule has 33 heavy (non-hydrogen) atoms. The molecule has 2 heterocycles. The molecule has 1 N–H and O–H groups in total. The molecule has 9 nitrogen and oxygen atoms in total. The maximum atomic E-state index is 13.9. The van der Waals surface area contributed by atoms with Crippen molar-refractivity contribution in [1.29, 1.82) is 0 Å². The molecule has 4 rings (SSSR count). The maximum absolute atomic E-state index is 13.9. The molecule has 168 valence electrons. The van der Waals surface area contributed by atoms with E-state index in [-0.39, 0.29) is 22.5 Å². The molecule has 0 aliphatic carbocycles. The van der Waals surface area contributed by atoms with Crippen LogP contribution < -0.4 is 9.80 Å². The summed E-state index contributed by atoms with van der Waals surface area (Å²) in [6.07, 6.45) is 2.38. The average molecular weight is 448 g/mol. The molecule has 9 heteroatoms. The molecule has 0 fully saturated rings. The van der Waals surface area contributed by atoms with Crippen molar-refractivity contribution in [3.8, 4) is 0 Å². The van der Waals surface area contributed by atoms with E-state index < -0.39 is 40.8 Å². The highest BCUT2D eigenvalue weighted by atomic mass is 16.6. The molecule has 0 unspecified atom stereocenters. The van der Waals surface area contributed by atoms with Crippen LogP contribution in [-0.2, 0) is 39.9 Å². The minimum atomic E-state index is -2.83. The van der Waals surface area contributed by atoms with Gasteiger partial charge in [0.1, 0.15) is 0 Å². The predicted molar refractivity (Wildman–Crippen MR) is 116 cm³/mol. The topological polar surface area (TPSA) is 121 Å². The molecule has 0 bridgehead atoms. The van der Waals surface area contributed by atoms with Crippen molar-refractivity contribution in [2.24, 2.45) is 0 Å². The first-order valence-corrected chi connectivity index (χ1v) is 10.1. The van der Waals surface area contributed by atoms with E-state index in [4.69, 9.17) is 4.74 Å². The fourth-order valence-electron chi connectivity index (χ4n) is 4.52. The van der Waals surface area contributed by atoms with E-state index in [2.05, 4.69) is 0 Å². The Labute approximate surface area is 188 Å². The summed E-state index contributed by atoms with van der Waals surface area (Å²) >= 11 is 0. The molecule has 2 aliphatic heterocycles. The second-order valence-corrected chi connectivity index (χ2v) is 7.67. The van der Waals surface area contributed by atoms with Crippen molar-refractivity contribution in [3.63, 3.8) is 0 Å². The van der Waals surface area contributed by atoms with Crippen molar-refractivity contribution in [2.45, 2.75) is 32.0 Å². The van der Waals surface area contributed by atoms with E-state index >= 15 is 0 Å². The Hall–Kier alpha value is -4.11. The highest BCUT2D eigenvalue weighted by Crippen LogP contribution is 2.57. The lowest BCUT2D eigenvalue weighted by Gasteiger charge is -2.39. The van der Waals surface area contributed by atoms with Gasteiger partial charge in [0.05, 0.1) is 11.4 Å². The molecule has 2 aliphatic rings. The third-order valence-electron chi connectivity index (χ3n) is 5.77. The molecule has 2 atom stereocenters. The van der Waals surface area contributed by atoms with Crippen LogP contribution in [0.1, 0.15) is 31.9 Å². The van der Waals surface area contributed by atoms with Crippen LogP contribution >= 0.6 is 0 Å². The van der Waals surface area contributed by atoms with E-state index in [9.17, 15) is 29.1 Å². The van der Waals surface area contributed by atoms with Gasteiger partial charge in [0.2, 0.25) is 17.4 Å². The SMILES string of the molecule is C/C=C/C(=O)O[C@]1([C@@]2(O)C(=O)N(C(C)=O)c3ccccc32)C(=O)N(C(C)=O)c2ccccc21. The Morgan fingerprint density at radius 2 is 1.33 bits per heavy atom. The number of hydrogen-bond acceptors (Lipinski definition) is 7. The molecule has 0 radical (unpaired) electrons. The molecule has 0 saturated heterocycles. The number of para-hydroxylation sites is 2. The van der Waals surface area contributed by atoms with Crippen molar-refractivity contribution in [1.82, 2.24) is 0 Å². The van der Waals surface area contributed by atoms with Crippen molar-refractivity contribution >= 4 is 41.0 Å². The third-order valence-corrected chi connectivity index (χ3v) is 5.77. The minimum absolute atomic E-state index is 0.0468. The number of anilines is 2. The number of amides is 4. The number of rotatable bonds is 3. The predicted octanol–water partition coefficient (Wildman–Crippen LogP) is 1.68. The van der Waals surface area contributed by atoms with Crippen LogP contribution in [0.4, 0.5) is 11.4 Å². The van der Waals surface area contributed by atoms with Gasteiger partial charge in [0, 0.05) is 31.1 Å². The summed E-state index contributed by atoms with van der Waals surface area (Å²) in [5, 5.41) is 12.1. The summed E-state index contributed by atoms with van der Waals surface area (Å²) in [6.45, 7) is 3.81. The van der Waals surface area contributed by atoms with Gasteiger partial charge in [-0.15, -0.1) is 0 Å². The largest absolute Gasteiger partial charge is 0.436 e. The van der Waals surface area contributed by atoms with Gasteiger partial charge in [-0.05, 0) is 19.1 Å². The van der Waals surface area contributed by atoms with E-state index in [1.165, 1.54) is 42.5 Å². The van der Waals surface area contributed by atoms with E-state index in [0.29, 0.717) is 0 Å². The summed E-state index contributed by atoms with van der Waals surface area (Å²) in [4.78, 5) is 66.6. The van der Waals surface area contributed by atoms with Gasteiger partial charge in [-0.3, -0.25) is 19.2 Å². The second-order valence-electron chi connectivity index (χ2n) is 7.67. The number of nitrogens with zero attached hydrogens (tertiary/aromatic N) is 2. The number of allylic oxidation sites excluding steroid dienone is 1. The summed E-state index contributed by atoms with van der Waals surface area (Å²) in [5.41, 5.74) is -5.55. The van der Waals surface area contributed by atoms with Crippen LogP contribution in [0.5, 0.6) is 0 Å². The van der Waals surface area contributed by atoms with Gasteiger partial charge in [-0.1, -0.05) is 42.5 Å². The Morgan fingerprint density at radius 3 is 1.88 bits per heavy atom. The number of fused-ring (bicyclic) bond motifs is 2. The van der Waals surface area contributed by atoms with Gasteiger partial charge in [-0.2, -0.15) is 0 Å². The zero-order chi connectivity index (χ0) is 24.1. The zero-order valence-electron chi connectivity index (χ0n) is 18.1. The first kappa shape index (κ1) is 22.1. The Bertz CT molecular complexity index is 1270. The van der Waals surface area contributed by atoms with Gasteiger partial charge in [-0.25, -0.2) is 14.6 Å². The molecular formula is C24H20N2O7. The van der Waals surface area contributed by atoms with Gasteiger partial charge in [0.15, 0.2) is 0 Å². The average Bonchev–Trinajstić information content (AvgIpc) is 3.16. The monoisotopic (exact) mass is 448 g/mol. The molecule has 2 aromatic rings. The number of imide groups is 2. The highest BCUT2D eigenvalue weighted by Gasteiger charge is 2.74. The van der Waals surface area contributed by atoms with Crippen LogP contribution in [0.2, 0.25) is 0 Å². The molecule has 2 aromatic carbocycles. The number of carbonyl (C=O) groups excluding carboxylic acids is 5. The second kappa shape index (κ2) is 7.49. The molecule has 0 spiro atoms. The number of benzene rings is 2. The van der Waals surface area contributed by atoms with Crippen molar-refractivity contribution < 1.29 is 33.8 Å². The normalized spacial score (nSPS) is 23.6. The number of carbonyl (C=O) groups is 5. The molecule has 4 amide bonds. The van der Waals surface area contributed by atoms with E-state index in [0.717, 1.165) is 29.7 Å². The Kier molecular flexibility index (Phi) is 5.02. The summed E-state index contributed by atoms with van der Waals surface area (Å²) < 4.78 is 5.62. The third kappa shape index (κ3) is 2.72. The Morgan fingerprint density at radius 1 is 0.848 bits per heavy atom. The number of ether oxygens (including phenoxy) is 1. The van der Waals surface area contributed by atoms with Crippen molar-refractivity contribution in [3.05, 3.63) is 71.8 Å². The van der Waals surface area contributed by atoms with Gasteiger partial charge >= 0.3 is 5.97 Å². The molecule has 0 saturated carbocycles. The number of aliphatic hydroxyl groups is 1. The minimum Gasteiger partial charge on any atom is -0.436 e. The van der Waals surface area contributed by atoms with Crippen molar-refractivity contribution in [2.75, 3.05) is 9.80 Å². The maximum Gasteiger partial charge on any atom is 0.331 e. The lowest BCUT2D eigenvalue weighted by Crippen LogP contribution is -2.62. The van der Waals surface area contributed by atoms with Crippen LogP contribution in [0.3, 0.4) is 0 Å². The standard InChI is InChI=1S/C24H20N2O7/c1-4-9-20(29)33-24(17-11-6-8-13-19(17)26(15(3)28)22(24)31)23(32)16-10-5-7-12-18(16)25(14(2)27)21(23)30/h4-13,32H,1-3H3/b9-4+/t23-,24-/m0/s1. The van der Waals surface area contributed by atoms with E-state index in [1.54, 1.807) is 19.1 Å². The Balaban J connectivity index is 2.12. The van der Waals surface area contributed by atoms with Crippen LogP contribution in [-0.4, -0.2) is 34.7 Å². The van der Waals surface area contributed by atoms with Gasteiger partial charge < -0.3 is 9.84 Å². The number of hydrogen-bond donors (Lipinski definition) is 1. The fraction of sp³-hybridized carbons (Fsp3) is 0.208. The highest BCUT2D eigenvalue weighted by molar-refractivity contribution is 6.28. The fourth-order valence-corrected chi connectivity index (χ4v) is 4.52. The first-order chi connectivity index (χ1) is 15.6. The first-order valence-electron chi connectivity index (χ1n) is 10.1. The van der Waals surface area contributed by atoms with Gasteiger partial charge in [0.25, 0.3) is 17.4 Å². The zero-order valence-corrected chi connectivity index (χ0v) is 18.1. The smallest absolute Gasteiger partial charge is 0.331 e.